The highest BCUT2D eigenvalue weighted by Crippen LogP contribution is 2.41. The van der Waals surface area contributed by atoms with E-state index < -0.39 is 33.1 Å². The van der Waals surface area contributed by atoms with Crippen LogP contribution < -0.4 is 0 Å². The Morgan fingerprint density at radius 1 is 0.667 bits per heavy atom. The maximum absolute atomic E-state index is 10.9. The van der Waals surface area contributed by atoms with Gasteiger partial charge in [0.2, 0.25) is 0 Å². The summed E-state index contributed by atoms with van der Waals surface area (Å²) in [5.41, 5.74) is -1.37. The first-order chi connectivity index (χ1) is 7.29. The highest BCUT2D eigenvalue weighted by molar-refractivity contribution is 6.53. The summed E-state index contributed by atoms with van der Waals surface area (Å²) in [5.74, 6) is -3.11. The van der Waals surface area contributed by atoms with Crippen LogP contribution in [0, 0.1) is 0 Å². The topological polar surface area (TPSA) is 74.6 Å². The second-order valence-electron chi connectivity index (χ2n) is 2.62. The van der Waals surface area contributed by atoms with Gasteiger partial charge in [0.05, 0.1) is 31.2 Å². The van der Waals surface area contributed by atoms with Crippen molar-refractivity contribution in [3.05, 3.63) is 31.2 Å². The molecule has 1 aromatic carbocycles. The van der Waals surface area contributed by atoms with Gasteiger partial charge < -0.3 is 10.2 Å². The summed E-state index contributed by atoms with van der Waals surface area (Å²) in [6.45, 7) is 0. The van der Waals surface area contributed by atoms with Gasteiger partial charge in [-0.3, -0.25) is 9.41 Å². The minimum absolute atomic E-state index is 0. The van der Waals surface area contributed by atoms with E-state index in [-0.39, 0.29) is 19.5 Å². The monoisotopic (exact) mass is 342 g/mol. The molecule has 0 bridgehead atoms. The predicted octanol–water partition coefficient (Wildman–Crippen LogP) is 4.00. The Hall–Kier alpha value is -0.820. The van der Waals surface area contributed by atoms with Crippen LogP contribution in [0.3, 0.4) is 0 Å². The summed E-state index contributed by atoms with van der Waals surface area (Å²) >= 11 is 22.4. The number of hydrogen-bond donors (Lipinski definition) is 2. The van der Waals surface area contributed by atoms with E-state index in [2.05, 4.69) is 0 Å². The second-order valence-corrected chi connectivity index (χ2v) is 4.13. The third kappa shape index (κ3) is 3.14. The van der Waals surface area contributed by atoms with E-state index >= 15 is 0 Å². The van der Waals surface area contributed by atoms with Gasteiger partial charge >= 0.3 is 11.9 Å². The van der Waals surface area contributed by atoms with E-state index in [0.717, 1.165) is 0 Å². The summed E-state index contributed by atoms with van der Waals surface area (Å²) in [5, 5.41) is 16.1. The van der Waals surface area contributed by atoms with Gasteiger partial charge in [-0.1, -0.05) is 46.4 Å². The van der Waals surface area contributed by atoms with Gasteiger partial charge in [-0.15, -0.1) is 0 Å². The quantitative estimate of drug-likeness (QED) is 0.628. The fraction of sp³-hybridized carbons (Fsp3) is 0. The van der Waals surface area contributed by atoms with E-state index in [4.69, 9.17) is 56.6 Å². The molecule has 0 unspecified atom stereocenters. The molecule has 0 heterocycles. The fourth-order valence-electron chi connectivity index (χ4n) is 1.03. The molecule has 2 N–H and O–H groups in total. The molecule has 0 spiro atoms. The number of aromatic carboxylic acids is 2. The Labute approximate surface area is 119 Å². The maximum atomic E-state index is 10.9. The molecule has 102 valence electrons. The van der Waals surface area contributed by atoms with E-state index in [9.17, 15) is 9.59 Å². The van der Waals surface area contributed by atoms with Crippen molar-refractivity contribution in [3.63, 3.8) is 0 Å². The smallest absolute Gasteiger partial charge is 0.338 e. The summed E-state index contributed by atoms with van der Waals surface area (Å²) in [7, 11) is 0. The van der Waals surface area contributed by atoms with Crippen LogP contribution in [0.15, 0.2) is 0 Å². The summed E-state index contributed by atoms with van der Waals surface area (Å²) < 4.78 is 0. The standard InChI is InChI=1S/C8H2Cl4O4.2FH/c9-3-1(7(13)14)2(8(15)16)4(10)6(12)5(3)11;;/h(H,13,14)(H,15,16);2*1H. The first kappa shape index (κ1) is 19.5. The lowest BCUT2D eigenvalue weighted by molar-refractivity contribution is 0.0652. The summed E-state index contributed by atoms with van der Waals surface area (Å²) in [6.07, 6.45) is 0. The normalized spacial score (nSPS) is 9.11. The Morgan fingerprint density at radius 3 is 1.06 bits per heavy atom. The predicted molar refractivity (Wildman–Crippen MR) is 65.4 cm³/mol. The zero-order valence-corrected chi connectivity index (χ0v) is 11.1. The molecule has 0 saturated heterocycles. The van der Waals surface area contributed by atoms with Crippen LogP contribution in [0.5, 0.6) is 0 Å². The number of carboxylic acids is 2. The van der Waals surface area contributed by atoms with Crippen LogP contribution >= 0.6 is 46.4 Å². The van der Waals surface area contributed by atoms with Crippen LogP contribution in [-0.2, 0) is 0 Å². The number of carbonyl (C=O) groups is 2. The second kappa shape index (κ2) is 6.94. The van der Waals surface area contributed by atoms with E-state index in [1.807, 2.05) is 0 Å². The molecule has 0 saturated carbocycles. The highest BCUT2D eigenvalue weighted by Gasteiger charge is 2.28. The highest BCUT2D eigenvalue weighted by atomic mass is 35.5. The molecule has 0 fully saturated rings. The molecular formula is C8H4Cl4F2O4. The number of benzene rings is 1. The summed E-state index contributed by atoms with van der Waals surface area (Å²) in [4.78, 5) is 21.7. The Bertz CT molecular complexity index is 462. The number of halogens is 6. The van der Waals surface area contributed by atoms with Crippen molar-refractivity contribution in [2.75, 3.05) is 0 Å². The fourth-order valence-corrected chi connectivity index (χ4v) is 2.05. The van der Waals surface area contributed by atoms with Crippen molar-refractivity contribution in [1.29, 1.82) is 0 Å². The van der Waals surface area contributed by atoms with Crippen LogP contribution in [-0.4, -0.2) is 22.2 Å². The zero-order chi connectivity index (χ0) is 12.6. The van der Waals surface area contributed by atoms with Gasteiger partial charge in [-0.05, 0) is 0 Å². The average molecular weight is 344 g/mol. The molecule has 10 heteroatoms. The number of carboxylic acid groups (broad SMARTS) is 2. The molecule has 1 aromatic rings. The van der Waals surface area contributed by atoms with Crippen molar-refractivity contribution in [3.8, 4) is 0 Å². The van der Waals surface area contributed by atoms with Crippen LogP contribution in [0.2, 0.25) is 20.1 Å². The molecule has 0 atom stereocenters. The molecule has 0 radical (unpaired) electrons. The minimum Gasteiger partial charge on any atom is -0.478 e. The first-order valence-electron chi connectivity index (χ1n) is 3.61. The largest absolute Gasteiger partial charge is 0.478 e. The van der Waals surface area contributed by atoms with Gasteiger partial charge in [0, 0.05) is 0 Å². The molecule has 18 heavy (non-hydrogen) atoms. The molecule has 4 nitrogen and oxygen atoms in total. The Kier molecular flexibility index (Phi) is 7.52. The van der Waals surface area contributed by atoms with E-state index in [1.54, 1.807) is 0 Å². The molecule has 0 amide bonds. The van der Waals surface area contributed by atoms with Crippen molar-refractivity contribution in [2.45, 2.75) is 0 Å². The van der Waals surface area contributed by atoms with Gasteiger partial charge in [0.15, 0.2) is 0 Å². The van der Waals surface area contributed by atoms with E-state index in [1.165, 1.54) is 0 Å². The molecule has 0 aliphatic carbocycles. The van der Waals surface area contributed by atoms with Crippen molar-refractivity contribution in [1.82, 2.24) is 0 Å². The van der Waals surface area contributed by atoms with Crippen LogP contribution in [0.25, 0.3) is 0 Å². The molecular weight excluding hydrogens is 340 g/mol. The number of hydrogen-bond acceptors (Lipinski definition) is 2. The Balaban J connectivity index is 0. The van der Waals surface area contributed by atoms with Crippen molar-refractivity contribution in [2.24, 2.45) is 0 Å². The molecule has 0 aliphatic heterocycles. The molecule has 0 aliphatic rings. The van der Waals surface area contributed by atoms with Gasteiger partial charge in [-0.25, -0.2) is 9.59 Å². The van der Waals surface area contributed by atoms with Gasteiger partial charge in [0.25, 0.3) is 0 Å². The molecule has 0 aromatic heterocycles. The van der Waals surface area contributed by atoms with Gasteiger partial charge in [0.1, 0.15) is 0 Å². The van der Waals surface area contributed by atoms with E-state index in [0.29, 0.717) is 0 Å². The van der Waals surface area contributed by atoms with Crippen LogP contribution in [0.1, 0.15) is 20.7 Å². The minimum atomic E-state index is -1.55. The SMILES string of the molecule is F.F.O=C(O)c1c(Cl)c(Cl)c(Cl)c(Cl)c1C(=O)O. The Morgan fingerprint density at radius 2 is 0.889 bits per heavy atom. The third-order valence-corrected chi connectivity index (χ3v) is 3.50. The number of rotatable bonds is 2. The lowest BCUT2D eigenvalue weighted by atomic mass is 10.1. The summed E-state index contributed by atoms with van der Waals surface area (Å²) in [6, 6.07) is 0. The first-order valence-corrected chi connectivity index (χ1v) is 5.12. The average Bonchev–Trinajstić information content (AvgIpc) is 2.18. The lowest BCUT2D eigenvalue weighted by Gasteiger charge is -2.10. The lowest BCUT2D eigenvalue weighted by Crippen LogP contribution is -2.10. The third-order valence-electron chi connectivity index (χ3n) is 1.69. The van der Waals surface area contributed by atoms with Crippen molar-refractivity contribution >= 4 is 58.3 Å². The van der Waals surface area contributed by atoms with Crippen LogP contribution in [0.4, 0.5) is 9.41 Å². The van der Waals surface area contributed by atoms with Gasteiger partial charge in [-0.2, -0.15) is 0 Å². The molecule has 1 rings (SSSR count). The zero-order valence-electron chi connectivity index (χ0n) is 8.04. The maximum Gasteiger partial charge on any atom is 0.338 e. The van der Waals surface area contributed by atoms with Crippen molar-refractivity contribution < 1.29 is 29.2 Å².